The van der Waals surface area contributed by atoms with Crippen LogP contribution in [0.25, 0.3) is 0 Å². The fraction of sp³-hybridized carbons (Fsp3) is 0.667. The molecule has 1 heterocycles. The summed E-state index contributed by atoms with van der Waals surface area (Å²) in [4.78, 5) is 10.4. The van der Waals surface area contributed by atoms with Crippen LogP contribution in [0.5, 0.6) is 0 Å². The van der Waals surface area contributed by atoms with Crippen molar-refractivity contribution in [3.8, 4) is 0 Å². The minimum Gasteiger partial charge on any atom is -0.393 e. The number of hydrogen-bond donors (Lipinski definition) is 1. The van der Waals surface area contributed by atoms with E-state index in [0.717, 1.165) is 0 Å². The van der Waals surface area contributed by atoms with Crippen molar-refractivity contribution in [1.29, 1.82) is 0 Å². The molecule has 1 aliphatic heterocycles. The van der Waals surface area contributed by atoms with E-state index in [9.17, 15) is 15.2 Å². The number of nitro groups is 1. The number of nitrogens with zero attached hydrogens (tertiary/aromatic N) is 1. The van der Waals surface area contributed by atoms with Gasteiger partial charge < -0.3 is 19.3 Å². The van der Waals surface area contributed by atoms with Crippen LogP contribution >= 0.6 is 0 Å². The van der Waals surface area contributed by atoms with Crippen molar-refractivity contribution >= 4 is 0 Å². The molecule has 2 aliphatic rings. The molecule has 106 valence electrons. The topological polar surface area (TPSA) is 91.1 Å². The van der Waals surface area contributed by atoms with Gasteiger partial charge in [0.15, 0.2) is 18.7 Å². The van der Waals surface area contributed by atoms with Gasteiger partial charge in [-0.25, -0.2) is 0 Å². The van der Waals surface area contributed by atoms with Crippen LogP contribution < -0.4 is 0 Å². The van der Waals surface area contributed by atoms with E-state index >= 15 is 0 Å². The van der Waals surface area contributed by atoms with Crippen LogP contribution in [0.15, 0.2) is 23.9 Å². The summed E-state index contributed by atoms with van der Waals surface area (Å²) in [5.41, 5.74) is 0.000120. The lowest BCUT2D eigenvalue weighted by Crippen LogP contribution is -2.40. The molecule has 0 saturated carbocycles. The zero-order chi connectivity index (χ0) is 13.8. The van der Waals surface area contributed by atoms with Gasteiger partial charge in [0.05, 0.1) is 11.0 Å². The predicted octanol–water partition coefficient (Wildman–Crippen LogP) is 0.962. The zero-order valence-corrected chi connectivity index (χ0v) is 10.6. The molecule has 7 heteroatoms. The van der Waals surface area contributed by atoms with E-state index in [2.05, 4.69) is 0 Å². The third-order valence-electron chi connectivity index (χ3n) is 3.11. The molecule has 0 unspecified atom stereocenters. The van der Waals surface area contributed by atoms with Crippen LogP contribution in [0.4, 0.5) is 0 Å². The van der Waals surface area contributed by atoms with Gasteiger partial charge in [-0.1, -0.05) is 12.2 Å². The van der Waals surface area contributed by atoms with Crippen LogP contribution in [0.1, 0.15) is 19.3 Å². The first-order valence-electron chi connectivity index (χ1n) is 6.13. The van der Waals surface area contributed by atoms with E-state index in [1.54, 1.807) is 12.2 Å². The molecule has 0 amide bonds. The maximum atomic E-state index is 10.9. The maximum Gasteiger partial charge on any atom is 0.275 e. The Balaban J connectivity index is 1.98. The second-order valence-corrected chi connectivity index (χ2v) is 4.49. The molecule has 0 aromatic carbocycles. The summed E-state index contributed by atoms with van der Waals surface area (Å²) in [5.74, 6) is 0. The highest BCUT2D eigenvalue weighted by atomic mass is 16.8. The Morgan fingerprint density at radius 3 is 2.89 bits per heavy atom. The van der Waals surface area contributed by atoms with Crippen molar-refractivity contribution in [2.24, 2.45) is 0 Å². The average molecular weight is 271 g/mol. The third kappa shape index (κ3) is 3.60. The van der Waals surface area contributed by atoms with Crippen molar-refractivity contribution in [2.45, 2.75) is 44.1 Å². The summed E-state index contributed by atoms with van der Waals surface area (Å²) in [7, 11) is 1.48. The quantitative estimate of drug-likeness (QED) is 0.605. The van der Waals surface area contributed by atoms with Gasteiger partial charge in [0.25, 0.3) is 5.70 Å². The van der Waals surface area contributed by atoms with E-state index in [0.29, 0.717) is 12.8 Å². The number of hydrogen-bond acceptors (Lipinski definition) is 6. The van der Waals surface area contributed by atoms with Gasteiger partial charge in [0, 0.05) is 32.4 Å². The summed E-state index contributed by atoms with van der Waals surface area (Å²) in [6.07, 6.45) is 3.42. The normalized spacial score (nSPS) is 34.9. The van der Waals surface area contributed by atoms with Crippen molar-refractivity contribution in [3.63, 3.8) is 0 Å². The third-order valence-corrected chi connectivity index (χ3v) is 3.11. The Labute approximate surface area is 110 Å². The Morgan fingerprint density at radius 2 is 2.21 bits per heavy atom. The van der Waals surface area contributed by atoms with E-state index in [1.807, 2.05) is 0 Å². The second kappa shape index (κ2) is 6.25. The van der Waals surface area contributed by atoms with Gasteiger partial charge in [0.2, 0.25) is 0 Å². The van der Waals surface area contributed by atoms with E-state index in [4.69, 9.17) is 14.2 Å². The lowest BCUT2D eigenvalue weighted by atomic mass is 10.1. The lowest BCUT2D eigenvalue weighted by molar-refractivity contribution is -0.442. The highest BCUT2D eigenvalue weighted by Gasteiger charge is 2.34. The molecule has 19 heavy (non-hydrogen) atoms. The SMILES string of the molecule is CO[C@@H]1C[C@H](O)C[C@H](O[C@@H]2CC=CC=C2[N+](=O)[O-])O1. The molecule has 0 radical (unpaired) electrons. The number of allylic oxidation sites excluding steroid dienone is 2. The lowest BCUT2D eigenvalue weighted by Gasteiger charge is -2.33. The Hall–Kier alpha value is -1.28. The van der Waals surface area contributed by atoms with Crippen LogP contribution in [0.2, 0.25) is 0 Å². The van der Waals surface area contributed by atoms with Gasteiger partial charge in [-0.15, -0.1) is 0 Å². The molecule has 1 aliphatic carbocycles. The number of ether oxygens (including phenoxy) is 3. The molecule has 1 N–H and O–H groups in total. The van der Waals surface area contributed by atoms with E-state index in [-0.39, 0.29) is 12.1 Å². The van der Waals surface area contributed by atoms with Gasteiger partial charge in [0.1, 0.15) is 0 Å². The fourth-order valence-electron chi connectivity index (χ4n) is 2.14. The van der Waals surface area contributed by atoms with Crippen LogP contribution in [-0.4, -0.2) is 41.9 Å². The number of methoxy groups -OCH3 is 1. The summed E-state index contributed by atoms with van der Waals surface area (Å²) in [6, 6.07) is 0. The first kappa shape index (κ1) is 14.1. The summed E-state index contributed by atoms with van der Waals surface area (Å²) < 4.78 is 16.1. The van der Waals surface area contributed by atoms with Crippen molar-refractivity contribution in [1.82, 2.24) is 0 Å². The molecular formula is C12H17NO6. The Bertz CT molecular complexity index is 394. The molecule has 0 spiro atoms. The standard InChI is InChI=1S/C12H17NO6/c1-17-11-6-8(14)7-12(19-11)18-10-5-3-2-4-9(10)13(15)16/h2-4,8,10-12,14H,5-7H2,1H3/t8-,10+,11-,12+/m0/s1. The summed E-state index contributed by atoms with van der Waals surface area (Å²) in [6.45, 7) is 0. The number of aliphatic hydroxyl groups is 1. The summed E-state index contributed by atoms with van der Waals surface area (Å²) >= 11 is 0. The smallest absolute Gasteiger partial charge is 0.275 e. The van der Waals surface area contributed by atoms with E-state index in [1.165, 1.54) is 13.2 Å². The highest BCUT2D eigenvalue weighted by Crippen LogP contribution is 2.26. The van der Waals surface area contributed by atoms with Crippen molar-refractivity contribution < 1.29 is 24.2 Å². The van der Waals surface area contributed by atoms with Crippen LogP contribution in [-0.2, 0) is 14.2 Å². The Morgan fingerprint density at radius 1 is 1.47 bits per heavy atom. The number of rotatable bonds is 4. The van der Waals surface area contributed by atoms with Gasteiger partial charge >= 0.3 is 0 Å². The molecule has 1 fully saturated rings. The average Bonchev–Trinajstić information content (AvgIpc) is 2.38. The fourth-order valence-corrected chi connectivity index (χ4v) is 2.14. The molecule has 1 saturated heterocycles. The molecule has 0 bridgehead atoms. The monoisotopic (exact) mass is 271 g/mol. The molecule has 7 nitrogen and oxygen atoms in total. The first-order chi connectivity index (χ1) is 9.10. The van der Waals surface area contributed by atoms with Gasteiger partial charge in [-0.05, 0) is 0 Å². The molecular weight excluding hydrogens is 254 g/mol. The molecule has 4 atom stereocenters. The van der Waals surface area contributed by atoms with Crippen molar-refractivity contribution in [2.75, 3.05) is 7.11 Å². The number of aliphatic hydroxyl groups excluding tert-OH is 1. The van der Waals surface area contributed by atoms with Gasteiger partial charge in [-0.2, -0.15) is 0 Å². The highest BCUT2D eigenvalue weighted by molar-refractivity contribution is 5.17. The summed E-state index contributed by atoms with van der Waals surface area (Å²) in [5, 5.41) is 20.6. The molecule has 0 aromatic heterocycles. The minimum absolute atomic E-state index is 0.000120. The predicted molar refractivity (Wildman–Crippen MR) is 64.6 cm³/mol. The molecule has 0 aromatic rings. The zero-order valence-electron chi connectivity index (χ0n) is 10.6. The van der Waals surface area contributed by atoms with Crippen LogP contribution in [0, 0.1) is 10.1 Å². The van der Waals surface area contributed by atoms with Crippen molar-refractivity contribution in [3.05, 3.63) is 34.0 Å². The second-order valence-electron chi connectivity index (χ2n) is 4.49. The minimum atomic E-state index is -0.700. The van der Waals surface area contributed by atoms with E-state index < -0.39 is 29.7 Å². The maximum absolute atomic E-state index is 10.9. The van der Waals surface area contributed by atoms with Gasteiger partial charge in [-0.3, -0.25) is 10.1 Å². The largest absolute Gasteiger partial charge is 0.393 e. The Kier molecular flexibility index (Phi) is 4.65. The first-order valence-corrected chi connectivity index (χ1v) is 6.13. The van der Waals surface area contributed by atoms with Crippen LogP contribution in [0.3, 0.4) is 0 Å². The molecule has 2 rings (SSSR count).